The van der Waals surface area contributed by atoms with Crippen LogP contribution in [0.2, 0.25) is 0 Å². The number of ether oxygens (including phenoxy) is 1. The second kappa shape index (κ2) is 6.12. The third-order valence-electron chi connectivity index (χ3n) is 3.74. The van der Waals surface area contributed by atoms with E-state index in [0.717, 1.165) is 25.0 Å². The molecule has 2 rings (SSSR count). The molecule has 6 heteroatoms. The van der Waals surface area contributed by atoms with Crippen LogP contribution in [0.1, 0.15) is 20.3 Å². The molecule has 2 unspecified atom stereocenters. The Balaban J connectivity index is 1.79. The Labute approximate surface area is 114 Å². The molecule has 19 heavy (non-hydrogen) atoms. The maximum absolute atomic E-state index is 11.6. The van der Waals surface area contributed by atoms with Gasteiger partial charge in [0.15, 0.2) is 5.96 Å². The zero-order valence-electron chi connectivity index (χ0n) is 12.1. The minimum absolute atomic E-state index is 0.207. The van der Waals surface area contributed by atoms with Gasteiger partial charge in [-0.3, -0.25) is 4.99 Å². The van der Waals surface area contributed by atoms with Gasteiger partial charge in [0.05, 0.1) is 6.61 Å². The van der Waals surface area contributed by atoms with E-state index in [1.54, 1.807) is 4.90 Å². The molecular formula is C13H24N4O2. The first kappa shape index (κ1) is 14.0. The Morgan fingerprint density at radius 2 is 1.89 bits per heavy atom. The molecule has 108 valence electrons. The average molecular weight is 268 g/mol. The Hall–Kier alpha value is -1.46. The van der Waals surface area contributed by atoms with Crippen LogP contribution in [0.5, 0.6) is 0 Å². The van der Waals surface area contributed by atoms with Crippen molar-refractivity contribution in [1.29, 1.82) is 0 Å². The molecule has 1 aliphatic heterocycles. The molecule has 1 saturated heterocycles. The highest BCUT2D eigenvalue weighted by Gasteiger charge is 2.34. The van der Waals surface area contributed by atoms with Crippen molar-refractivity contribution in [2.45, 2.75) is 26.3 Å². The van der Waals surface area contributed by atoms with Crippen LogP contribution >= 0.6 is 0 Å². The first-order chi connectivity index (χ1) is 9.15. The van der Waals surface area contributed by atoms with Gasteiger partial charge in [-0.05, 0) is 19.3 Å². The molecule has 1 heterocycles. The highest BCUT2D eigenvalue weighted by Crippen LogP contribution is 2.29. The van der Waals surface area contributed by atoms with Crippen LogP contribution in [-0.2, 0) is 4.74 Å². The van der Waals surface area contributed by atoms with E-state index in [-0.39, 0.29) is 6.09 Å². The number of nitrogens with zero attached hydrogens (tertiary/aromatic N) is 3. The molecule has 0 aromatic rings. The Morgan fingerprint density at radius 1 is 1.32 bits per heavy atom. The molecule has 2 atom stereocenters. The van der Waals surface area contributed by atoms with Crippen molar-refractivity contribution in [3.63, 3.8) is 0 Å². The van der Waals surface area contributed by atoms with Crippen molar-refractivity contribution in [3.05, 3.63) is 0 Å². The minimum Gasteiger partial charge on any atom is -0.450 e. The Morgan fingerprint density at radius 3 is 2.37 bits per heavy atom. The Kier molecular flexibility index (Phi) is 4.50. The first-order valence-corrected chi connectivity index (χ1v) is 7.05. The zero-order chi connectivity index (χ0) is 13.8. The van der Waals surface area contributed by atoms with Crippen LogP contribution in [0, 0.1) is 5.92 Å². The number of hydrogen-bond acceptors (Lipinski definition) is 3. The van der Waals surface area contributed by atoms with Crippen LogP contribution in [-0.4, -0.2) is 67.7 Å². The topological polar surface area (TPSA) is 57.2 Å². The summed E-state index contributed by atoms with van der Waals surface area (Å²) < 4.78 is 5.01. The fourth-order valence-corrected chi connectivity index (χ4v) is 2.30. The van der Waals surface area contributed by atoms with Gasteiger partial charge in [0.1, 0.15) is 0 Å². The van der Waals surface area contributed by atoms with Crippen molar-refractivity contribution < 1.29 is 9.53 Å². The SMILES string of the molecule is CCOC(=O)N1CCN(C(=NC)NC2CC2C)CC1. The smallest absolute Gasteiger partial charge is 0.409 e. The van der Waals surface area contributed by atoms with Crippen LogP contribution in [0.25, 0.3) is 0 Å². The number of aliphatic imine (C=N–C) groups is 1. The second-order valence-electron chi connectivity index (χ2n) is 5.18. The van der Waals surface area contributed by atoms with Gasteiger partial charge < -0.3 is 19.9 Å². The van der Waals surface area contributed by atoms with Crippen LogP contribution in [0.4, 0.5) is 4.79 Å². The zero-order valence-corrected chi connectivity index (χ0v) is 12.1. The van der Waals surface area contributed by atoms with Gasteiger partial charge in [0.2, 0.25) is 0 Å². The third kappa shape index (κ3) is 3.52. The van der Waals surface area contributed by atoms with E-state index in [1.807, 2.05) is 14.0 Å². The van der Waals surface area contributed by atoms with Crippen LogP contribution < -0.4 is 5.32 Å². The van der Waals surface area contributed by atoms with E-state index in [9.17, 15) is 4.79 Å². The summed E-state index contributed by atoms with van der Waals surface area (Å²) in [4.78, 5) is 19.9. The van der Waals surface area contributed by atoms with Crippen molar-refractivity contribution in [1.82, 2.24) is 15.1 Å². The minimum atomic E-state index is -0.207. The lowest BCUT2D eigenvalue weighted by Gasteiger charge is -2.35. The molecule has 0 aromatic heterocycles. The monoisotopic (exact) mass is 268 g/mol. The maximum Gasteiger partial charge on any atom is 0.409 e. The number of nitrogens with one attached hydrogen (secondary N) is 1. The highest BCUT2D eigenvalue weighted by molar-refractivity contribution is 5.81. The molecule has 1 N–H and O–H groups in total. The summed E-state index contributed by atoms with van der Waals surface area (Å²) >= 11 is 0. The lowest BCUT2D eigenvalue weighted by atomic mass is 10.3. The van der Waals surface area contributed by atoms with Crippen molar-refractivity contribution >= 4 is 12.1 Å². The Bertz CT molecular complexity index is 351. The van der Waals surface area contributed by atoms with Crippen LogP contribution in [0.3, 0.4) is 0 Å². The molecule has 1 aliphatic carbocycles. The molecule has 2 aliphatic rings. The summed E-state index contributed by atoms with van der Waals surface area (Å²) in [7, 11) is 1.81. The molecule has 1 saturated carbocycles. The number of carbonyl (C=O) groups is 1. The van der Waals surface area contributed by atoms with E-state index < -0.39 is 0 Å². The van der Waals surface area contributed by atoms with E-state index in [0.29, 0.717) is 25.7 Å². The van der Waals surface area contributed by atoms with Gasteiger partial charge >= 0.3 is 6.09 Å². The van der Waals surface area contributed by atoms with Gasteiger partial charge in [-0.15, -0.1) is 0 Å². The van der Waals surface area contributed by atoms with E-state index in [4.69, 9.17) is 4.74 Å². The maximum atomic E-state index is 11.6. The van der Waals surface area contributed by atoms with E-state index in [1.165, 1.54) is 6.42 Å². The largest absolute Gasteiger partial charge is 0.450 e. The molecule has 2 fully saturated rings. The number of piperazine rings is 1. The van der Waals surface area contributed by atoms with Crippen molar-refractivity contribution in [2.75, 3.05) is 39.8 Å². The lowest BCUT2D eigenvalue weighted by molar-refractivity contribution is 0.0914. The molecular weight excluding hydrogens is 244 g/mol. The first-order valence-electron chi connectivity index (χ1n) is 7.05. The predicted octanol–water partition coefficient (Wildman–Crippen LogP) is 0.744. The second-order valence-corrected chi connectivity index (χ2v) is 5.18. The van der Waals surface area contributed by atoms with E-state index in [2.05, 4.69) is 22.1 Å². The van der Waals surface area contributed by atoms with Crippen LogP contribution in [0.15, 0.2) is 4.99 Å². The summed E-state index contributed by atoms with van der Waals surface area (Å²) in [5.41, 5.74) is 0. The van der Waals surface area contributed by atoms with Crippen molar-refractivity contribution in [3.8, 4) is 0 Å². The normalized spacial score (nSPS) is 27.2. The summed E-state index contributed by atoms with van der Waals surface area (Å²) in [5.74, 6) is 1.70. The molecule has 0 bridgehead atoms. The van der Waals surface area contributed by atoms with E-state index >= 15 is 0 Å². The molecule has 6 nitrogen and oxygen atoms in total. The number of amides is 1. The summed E-state index contributed by atoms with van der Waals surface area (Å²) in [6, 6.07) is 0.571. The van der Waals surface area contributed by atoms with Gasteiger partial charge in [-0.25, -0.2) is 4.79 Å². The number of rotatable bonds is 2. The van der Waals surface area contributed by atoms with Gasteiger partial charge in [-0.1, -0.05) is 6.92 Å². The lowest BCUT2D eigenvalue weighted by Crippen LogP contribution is -2.54. The fraction of sp³-hybridized carbons (Fsp3) is 0.846. The average Bonchev–Trinajstić information content (AvgIpc) is 3.12. The number of hydrogen-bond donors (Lipinski definition) is 1. The van der Waals surface area contributed by atoms with Gasteiger partial charge in [0.25, 0.3) is 0 Å². The molecule has 0 radical (unpaired) electrons. The number of carbonyl (C=O) groups excluding carboxylic acids is 1. The quantitative estimate of drug-likeness (QED) is 0.593. The predicted molar refractivity (Wildman–Crippen MR) is 74.2 cm³/mol. The third-order valence-corrected chi connectivity index (χ3v) is 3.74. The van der Waals surface area contributed by atoms with Gasteiger partial charge in [-0.2, -0.15) is 0 Å². The summed E-state index contributed by atoms with van der Waals surface area (Å²) in [6.45, 7) is 7.50. The number of guanidine groups is 1. The van der Waals surface area contributed by atoms with Crippen molar-refractivity contribution in [2.24, 2.45) is 10.9 Å². The molecule has 0 spiro atoms. The molecule has 1 amide bonds. The molecule has 0 aromatic carbocycles. The highest BCUT2D eigenvalue weighted by atomic mass is 16.6. The summed E-state index contributed by atoms with van der Waals surface area (Å²) in [6.07, 6.45) is 1.02. The standard InChI is InChI=1S/C13H24N4O2/c1-4-19-13(18)17-7-5-16(6-8-17)12(14-3)15-11-9-10(11)2/h10-11H,4-9H2,1-3H3,(H,14,15). The fourth-order valence-electron chi connectivity index (χ4n) is 2.30. The summed E-state index contributed by atoms with van der Waals surface area (Å²) in [5, 5.41) is 3.47. The van der Waals surface area contributed by atoms with Gasteiger partial charge in [0, 0.05) is 39.3 Å².